The lowest BCUT2D eigenvalue weighted by molar-refractivity contribution is 0.0127. The molecule has 2 aromatic rings. The van der Waals surface area contributed by atoms with Gasteiger partial charge in [-0.3, -0.25) is 0 Å². The first-order valence-corrected chi connectivity index (χ1v) is 18.0. The molecule has 0 saturated carbocycles. The largest absolute Gasteiger partial charge is 0.491 e. The number of ether oxygens (including phenoxy) is 3. The van der Waals surface area contributed by atoms with Gasteiger partial charge in [0.1, 0.15) is 12.4 Å². The van der Waals surface area contributed by atoms with Crippen LogP contribution in [0.3, 0.4) is 0 Å². The van der Waals surface area contributed by atoms with Crippen LogP contribution in [0.4, 0.5) is 5.69 Å². The maximum Gasteiger partial charge on any atom is 0.179 e. The summed E-state index contributed by atoms with van der Waals surface area (Å²) in [5.41, 5.74) is 1.75. The van der Waals surface area contributed by atoms with Crippen LogP contribution >= 0.6 is 22.6 Å². The summed E-state index contributed by atoms with van der Waals surface area (Å²) in [5, 5.41) is 12.3. The monoisotopic (exact) mass is 733 g/mol. The highest BCUT2D eigenvalue weighted by molar-refractivity contribution is 14.1. The van der Waals surface area contributed by atoms with Crippen molar-refractivity contribution >= 4 is 38.1 Å². The Morgan fingerprint density at radius 3 is 2.05 bits per heavy atom. The van der Waals surface area contributed by atoms with E-state index < -0.39 is 27.3 Å². The number of sulfone groups is 1. The quantitative estimate of drug-likeness (QED) is 0.102. The van der Waals surface area contributed by atoms with Gasteiger partial charge >= 0.3 is 0 Å². The molecule has 2 aromatic carbocycles. The molecule has 0 aliphatic carbocycles. The Morgan fingerprint density at radius 1 is 0.907 bits per heavy atom. The third kappa shape index (κ3) is 10.6. The van der Waals surface area contributed by atoms with Crippen LogP contribution < -0.4 is 9.64 Å². The average molecular weight is 734 g/mol. The summed E-state index contributed by atoms with van der Waals surface area (Å²) < 4.78 is 45.8. The first-order chi connectivity index (χ1) is 19.7. The average Bonchev–Trinajstić information content (AvgIpc) is 3.03. The number of anilines is 1. The zero-order chi connectivity index (χ0) is 29.9. The number of halogens is 1. The Hall–Kier alpha value is -1.40. The van der Waals surface area contributed by atoms with Gasteiger partial charge in [-0.2, -0.15) is 0 Å². The number of rotatable bonds is 17. The van der Waals surface area contributed by atoms with Crippen molar-refractivity contribution in [3.63, 3.8) is 0 Å². The fourth-order valence-corrected chi connectivity index (χ4v) is 8.26. The van der Waals surface area contributed by atoms with Crippen LogP contribution in [0, 0.1) is 5.41 Å². The second-order valence-corrected chi connectivity index (χ2v) is 14.2. The molecular formula is C34H56INO6S. The first kappa shape index (κ1) is 39.6. The summed E-state index contributed by atoms with van der Waals surface area (Å²) in [6, 6.07) is 13.3. The summed E-state index contributed by atoms with van der Waals surface area (Å²) in [5.74, 6) is 0.201. The van der Waals surface area contributed by atoms with Gasteiger partial charge < -0.3 is 24.2 Å². The summed E-state index contributed by atoms with van der Waals surface area (Å²) in [4.78, 5) is 2.30. The smallest absolute Gasteiger partial charge is 0.179 e. The van der Waals surface area contributed by atoms with Crippen molar-refractivity contribution < 1.29 is 27.7 Å². The van der Waals surface area contributed by atoms with Crippen molar-refractivity contribution in [3.8, 4) is 5.75 Å². The zero-order valence-corrected chi connectivity index (χ0v) is 28.1. The second-order valence-electron chi connectivity index (χ2n) is 11.2. The highest BCUT2D eigenvalue weighted by Gasteiger charge is 2.49. The number of hydrogen-bond acceptors (Lipinski definition) is 7. The Kier molecular flexibility index (Phi) is 17.7. The molecule has 0 amide bonds. The molecule has 1 aliphatic rings. The van der Waals surface area contributed by atoms with Gasteiger partial charge in [0, 0.05) is 35.5 Å². The number of benzene rings is 2. The van der Waals surface area contributed by atoms with E-state index in [-0.39, 0.29) is 20.6 Å². The molecule has 9 heteroatoms. The van der Waals surface area contributed by atoms with E-state index in [1.54, 1.807) is 6.07 Å². The predicted octanol–water partition coefficient (Wildman–Crippen LogP) is 7.52. The Bertz CT molecular complexity index is 1160. The minimum absolute atomic E-state index is 0. The number of hydrogen-bond donors (Lipinski definition) is 1. The van der Waals surface area contributed by atoms with Crippen LogP contribution in [-0.2, 0) is 19.3 Å². The molecule has 3 rings (SSSR count). The van der Waals surface area contributed by atoms with Crippen molar-refractivity contribution in [2.45, 2.75) is 84.1 Å². The van der Waals surface area contributed by atoms with Gasteiger partial charge in [-0.25, -0.2) is 8.42 Å². The molecule has 0 bridgehead atoms. The molecule has 0 unspecified atom stereocenters. The normalized spacial score (nSPS) is 18.5. The molecule has 246 valence electrons. The van der Waals surface area contributed by atoms with Gasteiger partial charge in [-0.1, -0.05) is 89.1 Å². The molecule has 7 nitrogen and oxygen atoms in total. The van der Waals surface area contributed by atoms with E-state index in [1.165, 1.54) is 0 Å². The Labute approximate surface area is 275 Å². The third-order valence-corrected chi connectivity index (χ3v) is 10.4. The van der Waals surface area contributed by atoms with E-state index in [2.05, 4.69) is 36.4 Å². The summed E-state index contributed by atoms with van der Waals surface area (Å²) in [6.45, 7) is 6.96. The number of aliphatic hydroxyl groups excluding tert-OH is 1. The molecule has 2 atom stereocenters. The van der Waals surface area contributed by atoms with E-state index in [0.717, 1.165) is 48.0 Å². The number of nitrogens with zero attached hydrogens (tertiary/aromatic N) is 1. The van der Waals surface area contributed by atoms with Crippen molar-refractivity contribution in [1.82, 2.24) is 0 Å². The molecule has 43 heavy (non-hydrogen) atoms. The Morgan fingerprint density at radius 2 is 1.49 bits per heavy atom. The van der Waals surface area contributed by atoms with E-state index >= 15 is 0 Å². The molecular weight excluding hydrogens is 677 g/mol. The highest BCUT2D eigenvalue weighted by atomic mass is 127. The predicted molar refractivity (Wildman–Crippen MR) is 188 cm³/mol. The summed E-state index contributed by atoms with van der Waals surface area (Å²) in [7, 11) is 0.264. The number of fused-ring (bicyclic) bond motifs is 1. The van der Waals surface area contributed by atoms with Crippen LogP contribution in [-0.4, -0.2) is 76.9 Å². The van der Waals surface area contributed by atoms with E-state index in [4.69, 9.17) is 14.2 Å². The minimum Gasteiger partial charge on any atom is -0.491 e. The zero-order valence-electron chi connectivity index (χ0n) is 25.1. The van der Waals surface area contributed by atoms with Crippen LogP contribution in [0.1, 0.15) is 84.3 Å². The fraction of sp³-hybridized carbons (Fsp3) is 0.647. The topological polar surface area (TPSA) is 85.3 Å². The van der Waals surface area contributed by atoms with Crippen molar-refractivity contribution in [3.05, 3.63) is 53.6 Å². The van der Waals surface area contributed by atoms with Gasteiger partial charge in [0.15, 0.2) is 9.84 Å². The number of unbranched alkanes of at least 4 members (excludes halogenated alkanes) is 2. The van der Waals surface area contributed by atoms with Crippen LogP contribution in [0.15, 0.2) is 47.4 Å². The number of aliphatic hydroxyl groups is 1. The number of alkyl halides is 1. The molecule has 1 aliphatic heterocycles. The maximum atomic E-state index is 14.0. The maximum absolute atomic E-state index is 14.0. The summed E-state index contributed by atoms with van der Waals surface area (Å²) in [6.07, 6.45) is 4.17. The van der Waals surface area contributed by atoms with E-state index in [9.17, 15) is 13.5 Å². The lowest BCUT2D eigenvalue weighted by atomic mass is 9.68. The standard InChI is InChI=1S/C32H48INO6S.2CH4/c1-5-7-15-32(16-8-6-2)24-41(36,37)29-14-11-26(34(3)4)23-28(29)30(31(32)35)25-9-12-27(13-10-25)40-22-21-39-20-19-38-18-17-33;;/h9-14,23,30-31,35H,5-8,15-22,24H2,1-4H3;2*1H4/t30-,31-;;/m1../s1. The van der Waals surface area contributed by atoms with Gasteiger partial charge in [-0.15, -0.1) is 0 Å². The lowest BCUT2D eigenvalue weighted by Crippen LogP contribution is -2.43. The molecule has 0 radical (unpaired) electrons. The van der Waals surface area contributed by atoms with Gasteiger partial charge in [0.05, 0.1) is 43.2 Å². The van der Waals surface area contributed by atoms with Crippen LogP contribution in [0.5, 0.6) is 5.75 Å². The molecule has 1 heterocycles. The Balaban J connectivity index is 0.00000462. The van der Waals surface area contributed by atoms with Gasteiger partial charge in [0.25, 0.3) is 0 Å². The highest BCUT2D eigenvalue weighted by Crippen LogP contribution is 2.50. The molecule has 0 fully saturated rings. The van der Waals surface area contributed by atoms with Gasteiger partial charge in [0.2, 0.25) is 0 Å². The van der Waals surface area contributed by atoms with Crippen molar-refractivity contribution in [1.29, 1.82) is 0 Å². The van der Waals surface area contributed by atoms with E-state index in [1.807, 2.05) is 55.4 Å². The first-order valence-electron chi connectivity index (χ1n) is 14.9. The molecule has 0 saturated heterocycles. The van der Waals surface area contributed by atoms with Gasteiger partial charge in [-0.05, 0) is 54.3 Å². The SMILES string of the molecule is C.C.CCCCC1(CCCC)CS(=O)(=O)c2ccc(N(C)C)cc2[C@@H](c2ccc(OCCOCCOCCI)cc2)[C@H]1O. The molecule has 0 spiro atoms. The van der Waals surface area contributed by atoms with Crippen molar-refractivity contribution in [2.24, 2.45) is 5.41 Å². The molecule has 1 N–H and O–H groups in total. The minimum atomic E-state index is -3.62. The fourth-order valence-electron chi connectivity index (χ4n) is 5.76. The third-order valence-electron chi connectivity index (χ3n) is 7.99. The van der Waals surface area contributed by atoms with Crippen molar-refractivity contribution in [2.75, 3.05) is 62.2 Å². The lowest BCUT2D eigenvalue weighted by Gasteiger charge is -2.40. The summed E-state index contributed by atoms with van der Waals surface area (Å²) >= 11 is 2.28. The van der Waals surface area contributed by atoms with Crippen LogP contribution in [0.25, 0.3) is 0 Å². The van der Waals surface area contributed by atoms with E-state index in [0.29, 0.717) is 55.5 Å². The molecule has 0 aromatic heterocycles. The second kappa shape index (κ2) is 19.2. The van der Waals surface area contributed by atoms with Crippen LogP contribution in [0.2, 0.25) is 0 Å².